The maximum Gasteiger partial charge on any atom is 0.260 e. The van der Waals surface area contributed by atoms with E-state index in [9.17, 15) is 4.79 Å². The topological polar surface area (TPSA) is 47.6 Å². The molecule has 0 aliphatic carbocycles. The van der Waals surface area contributed by atoms with Crippen molar-refractivity contribution < 1.29 is 14.3 Å². The molecule has 4 nitrogen and oxygen atoms in total. The highest BCUT2D eigenvalue weighted by atomic mass is 35.5. The van der Waals surface area contributed by atoms with Crippen molar-refractivity contribution in [1.82, 2.24) is 5.32 Å². The van der Waals surface area contributed by atoms with Crippen molar-refractivity contribution in [2.75, 3.05) is 13.2 Å². The van der Waals surface area contributed by atoms with Gasteiger partial charge in [0.1, 0.15) is 11.5 Å². The fraction of sp³-hybridized carbons (Fsp3) is 0.350. The maximum absolute atomic E-state index is 12.1. The molecular formula is C20H24ClNO3. The van der Waals surface area contributed by atoms with Crippen molar-refractivity contribution in [3.8, 4) is 11.5 Å². The number of nitrogens with one attached hydrogen (secondary N) is 1. The predicted molar refractivity (Wildman–Crippen MR) is 100 cm³/mol. The molecule has 0 radical (unpaired) electrons. The summed E-state index contributed by atoms with van der Waals surface area (Å²) in [4.78, 5) is 12.1. The fourth-order valence-corrected chi connectivity index (χ4v) is 2.62. The molecule has 2 rings (SSSR count). The Bertz CT molecular complexity index is 690. The number of aryl methyl sites for hydroxylation is 1. The van der Waals surface area contributed by atoms with E-state index in [1.807, 2.05) is 25.1 Å². The second kappa shape index (κ2) is 9.94. The van der Waals surface area contributed by atoms with Crippen LogP contribution in [0.4, 0.5) is 0 Å². The number of rotatable bonds is 9. The average molecular weight is 362 g/mol. The van der Waals surface area contributed by atoms with Gasteiger partial charge in [-0.05, 0) is 56.5 Å². The van der Waals surface area contributed by atoms with E-state index in [1.54, 1.807) is 31.2 Å². The molecule has 1 amide bonds. The van der Waals surface area contributed by atoms with Crippen molar-refractivity contribution in [2.45, 2.75) is 32.8 Å². The molecule has 0 heterocycles. The van der Waals surface area contributed by atoms with Crippen LogP contribution in [0.3, 0.4) is 0 Å². The molecule has 2 aromatic rings. The summed E-state index contributed by atoms with van der Waals surface area (Å²) in [6.45, 7) is 4.92. The lowest BCUT2D eigenvalue weighted by molar-refractivity contribution is -0.127. The van der Waals surface area contributed by atoms with Gasteiger partial charge in [-0.3, -0.25) is 4.79 Å². The van der Waals surface area contributed by atoms with Crippen LogP contribution in [0.2, 0.25) is 5.02 Å². The second-order valence-electron chi connectivity index (χ2n) is 5.65. The summed E-state index contributed by atoms with van der Waals surface area (Å²) < 4.78 is 11.2. The van der Waals surface area contributed by atoms with E-state index in [1.165, 1.54) is 0 Å². The summed E-state index contributed by atoms with van der Waals surface area (Å²) in [5, 5.41) is 3.48. The first-order valence-corrected chi connectivity index (χ1v) is 8.88. The van der Waals surface area contributed by atoms with E-state index in [0.29, 0.717) is 23.9 Å². The van der Waals surface area contributed by atoms with Crippen molar-refractivity contribution in [3.05, 3.63) is 59.1 Å². The molecule has 2 aromatic carbocycles. The number of ether oxygens (including phenoxy) is 2. The first-order chi connectivity index (χ1) is 12.1. The van der Waals surface area contributed by atoms with Gasteiger partial charge in [-0.15, -0.1) is 0 Å². The number of benzene rings is 2. The van der Waals surface area contributed by atoms with Crippen LogP contribution in [0.1, 0.15) is 25.8 Å². The SMILES string of the molecule is CCOc1ccccc1CCCNC(=O)[C@H](C)Oc1cccc(Cl)c1. The summed E-state index contributed by atoms with van der Waals surface area (Å²) in [5.41, 5.74) is 1.15. The Morgan fingerprint density at radius 2 is 2.00 bits per heavy atom. The van der Waals surface area contributed by atoms with Crippen LogP contribution in [0.25, 0.3) is 0 Å². The van der Waals surface area contributed by atoms with E-state index in [-0.39, 0.29) is 5.91 Å². The molecule has 0 aliphatic rings. The van der Waals surface area contributed by atoms with Gasteiger partial charge < -0.3 is 14.8 Å². The molecule has 0 saturated heterocycles. The molecule has 5 heteroatoms. The van der Waals surface area contributed by atoms with Gasteiger partial charge in [0.05, 0.1) is 6.61 Å². The Labute approximate surface area is 154 Å². The van der Waals surface area contributed by atoms with Gasteiger partial charge in [-0.1, -0.05) is 35.9 Å². The zero-order valence-electron chi connectivity index (χ0n) is 14.6. The molecule has 0 spiro atoms. The maximum atomic E-state index is 12.1. The summed E-state index contributed by atoms with van der Waals surface area (Å²) in [5.74, 6) is 1.35. The second-order valence-corrected chi connectivity index (χ2v) is 6.09. The van der Waals surface area contributed by atoms with E-state index in [0.717, 1.165) is 24.2 Å². The van der Waals surface area contributed by atoms with Gasteiger partial charge in [0.15, 0.2) is 6.10 Å². The van der Waals surface area contributed by atoms with Crippen LogP contribution < -0.4 is 14.8 Å². The third-order valence-electron chi connectivity index (χ3n) is 3.67. The number of halogens is 1. The van der Waals surface area contributed by atoms with Crippen LogP contribution in [-0.4, -0.2) is 25.2 Å². The predicted octanol–water partition coefficient (Wildman–Crippen LogP) is 4.26. The molecular weight excluding hydrogens is 338 g/mol. The van der Waals surface area contributed by atoms with E-state index < -0.39 is 6.10 Å². The minimum atomic E-state index is -0.575. The van der Waals surface area contributed by atoms with Crippen LogP contribution in [0.15, 0.2) is 48.5 Å². The molecule has 1 N–H and O–H groups in total. The zero-order chi connectivity index (χ0) is 18.1. The zero-order valence-corrected chi connectivity index (χ0v) is 15.4. The molecule has 0 fully saturated rings. The highest BCUT2D eigenvalue weighted by Crippen LogP contribution is 2.20. The Balaban J connectivity index is 1.75. The Morgan fingerprint density at radius 1 is 1.20 bits per heavy atom. The van der Waals surface area contributed by atoms with Crippen LogP contribution in [-0.2, 0) is 11.2 Å². The van der Waals surface area contributed by atoms with E-state index in [4.69, 9.17) is 21.1 Å². The first-order valence-electron chi connectivity index (χ1n) is 8.50. The molecule has 0 aromatic heterocycles. The fourth-order valence-electron chi connectivity index (χ4n) is 2.44. The van der Waals surface area contributed by atoms with Gasteiger partial charge in [-0.2, -0.15) is 0 Å². The van der Waals surface area contributed by atoms with Crippen molar-refractivity contribution >= 4 is 17.5 Å². The summed E-state index contributed by atoms with van der Waals surface area (Å²) in [6, 6.07) is 15.0. The number of carbonyl (C=O) groups excluding carboxylic acids is 1. The minimum Gasteiger partial charge on any atom is -0.494 e. The number of carbonyl (C=O) groups is 1. The molecule has 0 saturated carbocycles. The quantitative estimate of drug-likeness (QED) is 0.679. The molecule has 25 heavy (non-hydrogen) atoms. The number of amides is 1. The summed E-state index contributed by atoms with van der Waals surface area (Å²) in [6.07, 6.45) is 1.11. The number of para-hydroxylation sites is 1. The van der Waals surface area contributed by atoms with Gasteiger partial charge >= 0.3 is 0 Å². The molecule has 0 bridgehead atoms. The van der Waals surface area contributed by atoms with Gasteiger partial charge in [0.2, 0.25) is 0 Å². The van der Waals surface area contributed by atoms with E-state index >= 15 is 0 Å². The molecule has 0 aliphatic heterocycles. The lowest BCUT2D eigenvalue weighted by Crippen LogP contribution is -2.36. The van der Waals surface area contributed by atoms with E-state index in [2.05, 4.69) is 11.4 Å². The van der Waals surface area contributed by atoms with Crippen LogP contribution >= 0.6 is 11.6 Å². The summed E-state index contributed by atoms with van der Waals surface area (Å²) in [7, 11) is 0. The Morgan fingerprint density at radius 3 is 2.76 bits per heavy atom. The first kappa shape index (κ1) is 19.1. The van der Waals surface area contributed by atoms with Gasteiger partial charge in [-0.25, -0.2) is 0 Å². The van der Waals surface area contributed by atoms with Crippen molar-refractivity contribution in [3.63, 3.8) is 0 Å². The minimum absolute atomic E-state index is 0.141. The lowest BCUT2D eigenvalue weighted by atomic mass is 10.1. The largest absolute Gasteiger partial charge is 0.494 e. The van der Waals surface area contributed by atoms with Gasteiger partial charge in [0.25, 0.3) is 5.91 Å². The molecule has 1 atom stereocenters. The lowest BCUT2D eigenvalue weighted by Gasteiger charge is -2.15. The highest BCUT2D eigenvalue weighted by molar-refractivity contribution is 6.30. The third kappa shape index (κ3) is 6.31. The third-order valence-corrected chi connectivity index (χ3v) is 3.91. The molecule has 134 valence electrons. The number of hydrogen-bond donors (Lipinski definition) is 1. The van der Waals surface area contributed by atoms with Crippen molar-refractivity contribution in [2.24, 2.45) is 0 Å². The molecule has 0 unspecified atom stereocenters. The van der Waals surface area contributed by atoms with Crippen molar-refractivity contribution in [1.29, 1.82) is 0 Å². The smallest absolute Gasteiger partial charge is 0.260 e. The highest BCUT2D eigenvalue weighted by Gasteiger charge is 2.14. The van der Waals surface area contributed by atoms with Crippen LogP contribution in [0, 0.1) is 0 Å². The normalized spacial score (nSPS) is 11.6. The number of hydrogen-bond acceptors (Lipinski definition) is 3. The summed E-state index contributed by atoms with van der Waals surface area (Å²) >= 11 is 5.91. The van der Waals surface area contributed by atoms with Crippen LogP contribution in [0.5, 0.6) is 11.5 Å². The standard InChI is InChI=1S/C20H24ClNO3/c1-3-24-19-12-5-4-8-16(19)9-7-13-22-20(23)15(2)25-18-11-6-10-17(21)14-18/h4-6,8,10-12,14-15H,3,7,9,13H2,1-2H3,(H,22,23)/t15-/m0/s1. The average Bonchev–Trinajstić information content (AvgIpc) is 2.60. The Hall–Kier alpha value is -2.20. The monoisotopic (exact) mass is 361 g/mol. The Kier molecular flexibility index (Phi) is 7.61. The van der Waals surface area contributed by atoms with Gasteiger partial charge in [0, 0.05) is 11.6 Å².